The van der Waals surface area contributed by atoms with Crippen molar-refractivity contribution in [3.8, 4) is 17.2 Å². The minimum absolute atomic E-state index is 0.584. The molecule has 172 valence electrons. The maximum absolute atomic E-state index is 6.25. The molecular weight excluding hydrogens is 469 g/mol. The van der Waals surface area contributed by atoms with Crippen molar-refractivity contribution in [3.05, 3.63) is 91.0 Å². The molecule has 0 aromatic heterocycles. The average Bonchev–Trinajstić information content (AvgIpc) is 2.85. The molecule has 2 atom stereocenters. The molecule has 0 spiro atoms. The van der Waals surface area contributed by atoms with E-state index >= 15 is 0 Å². The summed E-state index contributed by atoms with van der Waals surface area (Å²) in [4.78, 5) is 3.23. The third-order valence-corrected chi connectivity index (χ3v) is 10.3. The average molecular weight is 496 g/mol. The number of nitrogens with one attached hydrogen (secondary N) is 1. The van der Waals surface area contributed by atoms with Crippen LogP contribution in [-0.2, 0) is 13.6 Å². The second-order valence-corrected chi connectivity index (χ2v) is 11.9. The fraction of sp³-hybridized carbons (Fsp3) is 0.143. The van der Waals surface area contributed by atoms with Gasteiger partial charge in [0.1, 0.15) is 0 Å². The topological polar surface area (TPSA) is 79.8 Å². The van der Waals surface area contributed by atoms with E-state index in [2.05, 4.69) is 4.86 Å². The van der Waals surface area contributed by atoms with E-state index in [1.165, 1.54) is 14.2 Å². The zero-order chi connectivity index (χ0) is 22.7. The summed E-state index contributed by atoms with van der Waals surface area (Å²) in [5, 5.41) is 0. The van der Waals surface area contributed by atoms with Gasteiger partial charge in [-0.15, -0.1) is 0 Å². The molecule has 3 aromatic carbocycles. The Morgan fingerprint density at radius 2 is 1.28 bits per heavy atom. The molecule has 0 saturated heterocycles. The molecule has 1 N–H and O–H groups in total. The first-order valence-corrected chi connectivity index (χ1v) is 13.9. The van der Waals surface area contributed by atoms with Gasteiger partial charge in [-0.2, -0.15) is 0 Å². The summed E-state index contributed by atoms with van der Waals surface area (Å²) in [5.41, 5.74) is 0. The molecule has 0 amide bonds. The molecule has 2 unspecified atom stereocenters. The number of benzene rings is 3. The van der Waals surface area contributed by atoms with Crippen LogP contribution >= 0.6 is 24.7 Å². The molecule has 0 aliphatic heterocycles. The molecule has 3 aromatic rings. The van der Waals surface area contributed by atoms with Crippen molar-refractivity contribution in [3.63, 3.8) is 0 Å². The van der Waals surface area contributed by atoms with Gasteiger partial charge in [-0.05, 0) is 0 Å². The first-order chi connectivity index (χ1) is 15.7. The van der Waals surface area contributed by atoms with Gasteiger partial charge >= 0.3 is 191 Å². The molecule has 0 saturated carbocycles. The summed E-state index contributed by atoms with van der Waals surface area (Å²) in [6.07, 6.45) is 0. The van der Waals surface area contributed by atoms with Crippen LogP contribution in [0.4, 0.5) is 0 Å². The zero-order valence-electron chi connectivity index (χ0n) is 18.0. The van der Waals surface area contributed by atoms with E-state index in [0.717, 1.165) is 0 Å². The Hall–Kier alpha value is -2.01. The Morgan fingerprint density at radius 1 is 0.750 bits per heavy atom. The van der Waals surface area contributed by atoms with Crippen LogP contribution in [0.5, 0.6) is 17.2 Å². The molecule has 0 fully saturated rings. The van der Waals surface area contributed by atoms with Crippen molar-refractivity contribution in [2.45, 2.75) is 0 Å². The quantitative estimate of drug-likeness (QED) is 0.283. The summed E-state index contributed by atoms with van der Waals surface area (Å²) in [6.45, 7) is 0. The summed E-state index contributed by atoms with van der Waals surface area (Å²) in [7, 11) is -2.75. The van der Waals surface area contributed by atoms with E-state index in [0.29, 0.717) is 17.2 Å². The van der Waals surface area contributed by atoms with Gasteiger partial charge in [-0.25, -0.2) is 0 Å². The Bertz CT molecular complexity index is 969. The van der Waals surface area contributed by atoms with E-state index in [-0.39, 0.29) is 0 Å². The standard InChI is InChI=1S/C21H27N2O6P3/c1-24-30(27-19-13-7-4-8-14-19)22-32(26-3,29-21-17-11-6-12-18-21)23-31(25-2)28-20-15-9-5-10-16-20/h4-18,22,31-32H,1-3H3. The van der Waals surface area contributed by atoms with Crippen LogP contribution in [0, 0.1) is 0 Å². The third-order valence-electron chi connectivity index (χ3n) is 3.97. The van der Waals surface area contributed by atoms with E-state index in [1.807, 2.05) is 91.0 Å². The minimum atomic E-state index is -3.54. The predicted octanol–water partition coefficient (Wildman–Crippen LogP) is 6.62. The van der Waals surface area contributed by atoms with E-state index < -0.39 is 24.7 Å². The Balaban J connectivity index is 1.91. The van der Waals surface area contributed by atoms with Gasteiger partial charge in [0.2, 0.25) is 0 Å². The molecule has 0 aliphatic rings. The van der Waals surface area contributed by atoms with E-state index in [9.17, 15) is 0 Å². The van der Waals surface area contributed by atoms with Gasteiger partial charge < -0.3 is 0 Å². The maximum atomic E-state index is 6.25. The van der Waals surface area contributed by atoms with Crippen molar-refractivity contribution in [2.75, 3.05) is 21.3 Å². The van der Waals surface area contributed by atoms with Crippen molar-refractivity contribution < 1.29 is 27.1 Å². The molecule has 3 rings (SSSR count). The molecule has 11 heteroatoms. The summed E-state index contributed by atoms with van der Waals surface area (Å²) >= 11 is 0. The van der Waals surface area contributed by atoms with Crippen LogP contribution in [0.25, 0.3) is 0 Å². The Labute approximate surface area is 191 Å². The molecule has 0 aliphatic carbocycles. The van der Waals surface area contributed by atoms with Gasteiger partial charge in [0.25, 0.3) is 0 Å². The van der Waals surface area contributed by atoms with Crippen LogP contribution in [0.3, 0.4) is 0 Å². The molecular formula is C21H27N2O6P3. The molecule has 8 nitrogen and oxygen atoms in total. The van der Waals surface area contributed by atoms with Gasteiger partial charge in [-0.1, -0.05) is 0 Å². The molecule has 0 radical (unpaired) electrons. The number of rotatable bonds is 12. The number of para-hydroxylation sites is 3. The summed E-state index contributed by atoms with van der Waals surface area (Å²) in [5.74, 6) is 1.87. The summed E-state index contributed by atoms with van der Waals surface area (Å²) < 4.78 is 39.9. The van der Waals surface area contributed by atoms with E-state index in [4.69, 9.17) is 31.7 Å². The van der Waals surface area contributed by atoms with Crippen LogP contribution in [0.2, 0.25) is 0 Å². The number of hydrogen-bond donors (Lipinski definition) is 1. The van der Waals surface area contributed by atoms with E-state index in [1.54, 1.807) is 7.11 Å². The predicted molar refractivity (Wildman–Crippen MR) is 131 cm³/mol. The third kappa shape index (κ3) is 7.54. The van der Waals surface area contributed by atoms with Gasteiger partial charge in [0.15, 0.2) is 0 Å². The number of hydrogen-bond acceptors (Lipinski definition) is 8. The fourth-order valence-corrected chi connectivity index (χ4v) is 8.54. The first-order valence-electron chi connectivity index (χ1n) is 9.67. The van der Waals surface area contributed by atoms with Crippen LogP contribution in [-0.4, -0.2) is 21.3 Å². The van der Waals surface area contributed by atoms with Crippen molar-refractivity contribution >= 4 is 24.7 Å². The number of nitrogens with zero attached hydrogens (tertiary/aromatic N) is 1. The van der Waals surface area contributed by atoms with Crippen molar-refractivity contribution in [2.24, 2.45) is 4.52 Å². The van der Waals surface area contributed by atoms with Crippen molar-refractivity contribution in [1.29, 1.82) is 0 Å². The second kappa shape index (κ2) is 12.9. The molecule has 32 heavy (non-hydrogen) atoms. The summed E-state index contributed by atoms with van der Waals surface area (Å²) in [6, 6.07) is 27.9. The van der Waals surface area contributed by atoms with Crippen LogP contribution in [0.1, 0.15) is 0 Å². The van der Waals surface area contributed by atoms with Crippen LogP contribution in [0.15, 0.2) is 95.5 Å². The Kier molecular flexibility index (Phi) is 9.91. The van der Waals surface area contributed by atoms with Gasteiger partial charge in [0, 0.05) is 0 Å². The molecule has 0 bridgehead atoms. The normalized spacial score (nSPS) is 13.8. The van der Waals surface area contributed by atoms with Gasteiger partial charge in [-0.3, -0.25) is 0 Å². The second-order valence-electron chi connectivity index (χ2n) is 6.15. The van der Waals surface area contributed by atoms with Gasteiger partial charge in [0.05, 0.1) is 0 Å². The fourth-order valence-electron chi connectivity index (χ4n) is 2.47. The monoisotopic (exact) mass is 496 g/mol. The Morgan fingerprint density at radius 3 is 1.78 bits per heavy atom. The van der Waals surface area contributed by atoms with Crippen LogP contribution < -0.4 is 18.4 Å². The zero-order valence-corrected chi connectivity index (χ0v) is 20.9. The SMILES string of the molecule is COP(N[PH](/N=[PH](/OC)Oc1ccccc1)(OC)Oc1ccccc1)Oc1ccccc1. The first kappa shape index (κ1) is 24.6. The van der Waals surface area contributed by atoms with Crippen molar-refractivity contribution in [1.82, 2.24) is 4.86 Å². The molecule has 0 heterocycles.